The van der Waals surface area contributed by atoms with Crippen LogP contribution in [-0.4, -0.2) is 7.11 Å². The first-order valence-corrected chi connectivity index (χ1v) is 7.38. The molecule has 1 aliphatic rings. The molecule has 3 N–H and O–H groups in total. The van der Waals surface area contributed by atoms with E-state index < -0.39 is 0 Å². The van der Waals surface area contributed by atoms with Crippen LogP contribution >= 0.6 is 0 Å². The monoisotopic (exact) mass is 262 g/mol. The Morgan fingerprint density at radius 3 is 2.63 bits per heavy atom. The minimum absolute atomic E-state index is 0.264. The highest BCUT2D eigenvalue weighted by atomic mass is 16.5. The van der Waals surface area contributed by atoms with E-state index in [0.29, 0.717) is 5.92 Å². The maximum absolute atomic E-state index is 5.81. The van der Waals surface area contributed by atoms with Gasteiger partial charge in [-0.05, 0) is 42.4 Å². The minimum Gasteiger partial charge on any atom is -0.497 e. The zero-order valence-corrected chi connectivity index (χ0v) is 12.1. The molecule has 3 nitrogen and oxygen atoms in total. The Kier molecular flexibility index (Phi) is 5.23. The third-order valence-corrected chi connectivity index (χ3v) is 4.53. The van der Waals surface area contributed by atoms with E-state index in [1.165, 1.54) is 37.7 Å². The molecule has 1 aliphatic carbocycles. The predicted molar refractivity (Wildman–Crippen MR) is 78.8 cm³/mol. The van der Waals surface area contributed by atoms with Gasteiger partial charge in [0.15, 0.2) is 0 Å². The summed E-state index contributed by atoms with van der Waals surface area (Å²) in [4.78, 5) is 0. The molecule has 3 heteroatoms. The molecule has 1 saturated carbocycles. The number of hydrogen-bond donors (Lipinski definition) is 2. The van der Waals surface area contributed by atoms with Crippen molar-refractivity contribution in [3.8, 4) is 5.75 Å². The largest absolute Gasteiger partial charge is 0.497 e. The summed E-state index contributed by atoms with van der Waals surface area (Å²) >= 11 is 0. The van der Waals surface area contributed by atoms with Gasteiger partial charge in [-0.1, -0.05) is 38.3 Å². The zero-order chi connectivity index (χ0) is 13.7. The number of rotatable bonds is 5. The normalized spacial score (nSPS) is 25.0. The molecule has 0 aliphatic heterocycles. The third-order valence-electron chi connectivity index (χ3n) is 4.53. The Hall–Kier alpha value is -1.06. The molecule has 0 amide bonds. The van der Waals surface area contributed by atoms with Crippen molar-refractivity contribution in [3.63, 3.8) is 0 Å². The number of nitrogens with one attached hydrogen (secondary N) is 1. The summed E-state index contributed by atoms with van der Waals surface area (Å²) in [6.07, 6.45) is 6.57. The second kappa shape index (κ2) is 6.92. The van der Waals surface area contributed by atoms with Gasteiger partial charge in [0.1, 0.15) is 5.75 Å². The smallest absolute Gasteiger partial charge is 0.118 e. The van der Waals surface area contributed by atoms with E-state index in [1.807, 2.05) is 12.1 Å². The molecule has 0 heterocycles. The number of hydrazine groups is 1. The molecule has 1 aromatic rings. The summed E-state index contributed by atoms with van der Waals surface area (Å²) in [6.45, 7) is 2.30. The Morgan fingerprint density at radius 1 is 1.32 bits per heavy atom. The lowest BCUT2D eigenvalue weighted by Crippen LogP contribution is -2.35. The van der Waals surface area contributed by atoms with Crippen LogP contribution in [0.2, 0.25) is 0 Å². The van der Waals surface area contributed by atoms with Crippen LogP contribution in [0, 0.1) is 11.8 Å². The van der Waals surface area contributed by atoms with Crippen molar-refractivity contribution in [1.29, 1.82) is 0 Å². The molecule has 0 spiro atoms. The number of benzene rings is 1. The quantitative estimate of drug-likeness (QED) is 0.631. The molecule has 3 atom stereocenters. The molecular formula is C16H26N2O. The van der Waals surface area contributed by atoms with Gasteiger partial charge in [-0.2, -0.15) is 0 Å². The van der Waals surface area contributed by atoms with Crippen LogP contribution in [0.15, 0.2) is 24.3 Å². The summed E-state index contributed by atoms with van der Waals surface area (Å²) < 4.78 is 5.21. The van der Waals surface area contributed by atoms with Crippen molar-refractivity contribution in [2.45, 2.75) is 45.1 Å². The molecule has 3 unspecified atom stereocenters. The summed E-state index contributed by atoms with van der Waals surface area (Å²) in [5, 5.41) is 0. The van der Waals surface area contributed by atoms with Crippen LogP contribution < -0.4 is 16.0 Å². The third kappa shape index (κ3) is 3.48. The lowest BCUT2D eigenvalue weighted by atomic mass is 9.75. The highest BCUT2D eigenvalue weighted by molar-refractivity contribution is 5.29. The van der Waals surface area contributed by atoms with Crippen LogP contribution in [0.4, 0.5) is 0 Å². The maximum Gasteiger partial charge on any atom is 0.118 e. The highest BCUT2D eigenvalue weighted by Gasteiger charge is 2.28. The molecule has 0 saturated heterocycles. The van der Waals surface area contributed by atoms with Crippen molar-refractivity contribution < 1.29 is 4.74 Å². The highest BCUT2D eigenvalue weighted by Crippen LogP contribution is 2.38. The molecule has 1 fully saturated rings. The predicted octanol–water partition coefficient (Wildman–Crippen LogP) is 3.42. The summed E-state index contributed by atoms with van der Waals surface area (Å²) in [5.74, 6) is 8.23. The van der Waals surface area contributed by atoms with Crippen LogP contribution in [0.3, 0.4) is 0 Å². The van der Waals surface area contributed by atoms with E-state index in [0.717, 1.165) is 11.7 Å². The fourth-order valence-corrected chi connectivity index (χ4v) is 3.32. The summed E-state index contributed by atoms with van der Waals surface area (Å²) in [5.41, 5.74) is 4.30. The van der Waals surface area contributed by atoms with Crippen LogP contribution in [0.1, 0.15) is 50.6 Å². The van der Waals surface area contributed by atoms with E-state index in [2.05, 4.69) is 24.5 Å². The molecular weight excluding hydrogens is 236 g/mol. The van der Waals surface area contributed by atoms with E-state index in [-0.39, 0.29) is 6.04 Å². The van der Waals surface area contributed by atoms with Crippen LogP contribution in [0.5, 0.6) is 5.75 Å². The second-order valence-electron chi connectivity index (χ2n) is 5.62. The van der Waals surface area contributed by atoms with Gasteiger partial charge in [0.2, 0.25) is 0 Å². The van der Waals surface area contributed by atoms with Gasteiger partial charge in [0.05, 0.1) is 7.11 Å². The number of nitrogens with two attached hydrogens (primary N) is 1. The molecule has 19 heavy (non-hydrogen) atoms. The fraction of sp³-hybridized carbons (Fsp3) is 0.625. The van der Waals surface area contributed by atoms with E-state index >= 15 is 0 Å². The van der Waals surface area contributed by atoms with Gasteiger partial charge in [-0.3, -0.25) is 11.3 Å². The van der Waals surface area contributed by atoms with Gasteiger partial charge in [-0.15, -0.1) is 0 Å². The average Bonchev–Trinajstić information content (AvgIpc) is 2.49. The molecule has 1 aromatic carbocycles. The zero-order valence-electron chi connectivity index (χ0n) is 12.1. The topological polar surface area (TPSA) is 47.3 Å². The van der Waals surface area contributed by atoms with Crippen LogP contribution in [0.25, 0.3) is 0 Å². The Labute approximate surface area is 116 Å². The lowest BCUT2D eigenvalue weighted by molar-refractivity contribution is 0.210. The minimum atomic E-state index is 0.264. The van der Waals surface area contributed by atoms with Gasteiger partial charge in [0, 0.05) is 6.04 Å². The van der Waals surface area contributed by atoms with Crippen molar-refractivity contribution >= 4 is 0 Å². The summed E-state index contributed by atoms with van der Waals surface area (Å²) in [7, 11) is 1.70. The van der Waals surface area contributed by atoms with Crippen molar-refractivity contribution in [1.82, 2.24) is 5.43 Å². The summed E-state index contributed by atoms with van der Waals surface area (Å²) in [6, 6.07) is 8.54. The molecule has 0 aromatic heterocycles. The van der Waals surface area contributed by atoms with E-state index in [9.17, 15) is 0 Å². The SMILES string of the molecule is CCC1CCCC(C(NN)c2ccc(OC)cc2)C1. The van der Waals surface area contributed by atoms with Gasteiger partial charge in [0.25, 0.3) is 0 Å². The second-order valence-corrected chi connectivity index (χ2v) is 5.62. The van der Waals surface area contributed by atoms with E-state index in [1.54, 1.807) is 7.11 Å². The van der Waals surface area contributed by atoms with Gasteiger partial charge < -0.3 is 4.74 Å². The Balaban J connectivity index is 2.09. The van der Waals surface area contributed by atoms with E-state index in [4.69, 9.17) is 10.6 Å². The van der Waals surface area contributed by atoms with Gasteiger partial charge in [-0.25, -0.2) is 0 Å². The lowest BCUT2D eigenvalue weighted by Gasteiger charge is -2.34. The van der Waals surface area contributed by atoms with Crippen molar-refractivity contribution in [2.24, 2.45) is 17.7 Å². The first kappa shape index (κ1) is 14.4. The fourth-order valence-electron chi connectivity index (χ4n) is 3.32. The number of methoxy groups -OCH3 is 1. The molecule has 106 valence electrons. The Bertz CT molecular complexity index is 377. The van der Waals surface area contributed by atoms with Gasteiger partial charge >= 0.3 is 0 Å². The molecule has 2 rings (SSSR count). The first-order valence-electron chi connectivity index (χ1n) is 7.38. The number of ether oxygens (including phenoxy) is 1. The van der Waals surface area contributed by atoms with Crippen LogP contribution in [-0.2, 0) is 0 Å². The first-order chi connectivity index (χ1) is 9.28. The average molecular weight is 262 g/mol. The molecule has 0 radical (unpaired) electrons. The Morgan fingerprint density at radius 2 is 2.05 bits per heavy atom. The standard InChI is InChI=1S/C16H26N2O/c1-3-12-5-4-6-14(11-12)16(18-17)13-7-9-15(19-2)10-8-13/h7-10,12,14,16,18H,3-6,11,17H2,1-2H3. The maximum atomic E-state index is 5.81. The van der Waals surface area contributed by atoms with Crippen molar-refractivity contribution in [3.05, 3.63) is 29.8 Å². The molecule has 0 bridgehead atoms. The number of hydrogen-bond acceptors (Lipinski definition) is 3. The van der Waals surface area contributed by atoms with Crippen molar-refractivity contribution in [2.75, 3.05) is 7.11 Å².